The summed E-state index contributed by atoms with van der Waals surface area (Å²) in [6.07, 6.45) is 3.18. The highest BCUT2D eigenvalue weighted by Gasteiger charge is 2.30. The molecule has 0 aliphatic carbocycles. The van der Waals surface area contributed by atoms with Gasteiger partial charge in [-0.1, -0.05) is 29.8 Å². The zero-order chi connectivity index (χ0) is 18.8. The molecule has 0 saturated carbocycles. The van der Waals surface area contributed by atoms with E-state index in [1.54, 1.807) is 6.20 Å². The number of pyridine rings is 1. The average Bonchev–Trinajstić information content (AvgIpc) is 3.28. The molecule has 1 unspecified atom stereocenters. The third-order valence-corrected chi connectivity index (χ3v) is 5.24. The van der Waals surface area contributed by atoms with Crippen LogP contribution in [0.25, 0.3) is 11.0 Å². The highest BCUT2D eigenvalue weighted by molar-refractivity contribution is 5.81. The van der Waals surface area contributed by atoms with Crippen molar-refractivity contribution in [2.45, 2.75) is 32.2 Å². The normalized spacial score (nSPS) is 17.0. The van der Waals surface area contributed by atoms with Gasteiger partial charge in [-0.2, -0.15) is 5.10 Å². The Hall–Kier alpha value is -2.73. The van der Waals surface area contributed by atoms with E-state index in [9.17, 15) is 4.79 Å². The maximum atomic E-state index is 12.7. The monoisotopic (exact) mass is 363 g/mol. The Morgan fingerprint density at radius 3 is 3.00 bits per heavy atom. The number of aryl methyl sites for hydroxylation is 1. The van der Waals surface area contributed by atoms with E-state index in [0.29, 0.717) is 26.1 Å². The molecule has 6 heteroatoms. The van der Waals surface area contributed by atoms with Crippen molar-refractivity contribution >= 4 is 16.9 Å². The van der Waals surface area contributed by atoms with Crippen molar-refractivity contribution in [2.24, 2.45) is 5.73 Å². The highest BCUT2D eigenvalue weighted by Crippen LogP contribution is 2.31. The first-order valence-corrected chi connectivity index (χ1v) is 9.50. The number of rotatable bonds is 5. The molecule has 2 aromatic heterocycles. The lowest BCUT2D eigenvalue weighted by atomic mass is 10.0. The zero-order valence-corrected chi connectivity index (χ0v) is 15.6. The molecule has 1 aliphatic rings. The first-order valence-electron chi connectivity index (χ1n) is 9.50. The number of aromatic nitrogens is 3. The third-order valence-electron chi connectivity index (χ3n) is 5.24. The van der Waals surface area contributed by atoms with E-state index in [1.807, 2.05) is 27.8 Å². The molecule has 6 nitrogen and oxygen atoms in total. The molecule has 1 aromatic carbocycles. The minimum Gasteiger partial charge on any atom is -0.342 e. The summed E-state index contributed by atoms with van der Waals surface area (Å²) in [5.74, 6) is 0.434. The van der Waals surface area contributed by atoms with Gasteiger partial charge in [-0.25, -0.2) is 9.67 Å². The van der Waals surface area contributed by atoms with E-state index >= 15 is 0 Å². The Kier molecular flexibility index (Phi) is 4.90. The molecular weight excluding hydrogens is 338 g/mol. The molecule has 0 spiro atoms. The lowest BCUT2D eigenvalue weighted by Crippen LogP contribution is -2.30. The molecule has 0 radical (unpaired) electrons. The van der Waals surface area contributed by atoms with Crippen LogP contribution >= 0.6 is 0 Å². The minimum atomic E-state index is 0.187. The average molecular weight is 363 g/mol. The van der Waals surface area contributed by atoms with Crippen LogP contribution in [0, 0.1) is 6.92 Å². The van der Waals surface area contributed by atoms with Crippen LogP contribution in [0.2, 0.25) is 0 Å². The van der Waals surface area contributed by atoms with Crippen molar-refractivity contribution in [3.8, 4) is 0 Å². The smallest absolute Gasteiger partial charge is 0.227 e. The number of carbonyl (C=O) groups excluding carboxylic acids is 1. The standard InChI is InChI=1S/C21H25N5O/c1-15-4-2-5-16(12-15)13-19(27)25-10-7-17(14-25)20-18-6-3-9-23-21(18)26(24-20)11-8-22/h2-6,9,12,17H,7-8,10-11,13-14,22H2,1H3. The van der Waals surface area contributed by atoms with E-state index in [4.69, 9.17) is 10.8 Å². The molecule has 27 heavy (non-hydrogen) atoms. The fraction of sp³-hybridized carbons (Fsp3) is 0.381. The van der Waals surface area contributed by atoms with Crippen LogP contribution in [-0.4, -0.2) is 45.2 Å². The summed E-state index contributed by atoms with van der Waals surface area (Å²) in [6.45, 7) is 4.72. The Balaban J connectivity index is 1.51. The van der Waals surface area contributed by atoms with Crippen molar-refractivity contribution in [1.29, 1.82) is 0 Å². The van der Waals surface area contributed by atoms with Crippen LogP contribution in [0.15, 0.2) is 42.6 Å². The van der Waals surface area contributed by atoms with Crippen molar-refractivity contribution in [2.75, 3.05) is 19.6 Å². The number of nitrogens with two attached hydrogens (primary N) is 1. The van der Waals surface area contributed by atoms with Crippen LogP contribution in [0.4, 0.5) is 0 Å². The van der Waals surface area contributed by atoms with Crippen molar-refractivity contribution in [3.05, 3.63) is 59.4 Å². The number of nitrogens with zero attached hydrogens (tertiary/aromatic N) is 4. The van der Waals surface area contributed by atoms with Gasteiger partial charge in [-0.05, 0) is 31.0 Å². The summed E-state index contributed by atoms with van der Waals surface area (Å²) < 4.78 is 1.89. The van der Waals surface area contributed by atoms with Gasteiger partial charge in [0.15, 0.2) is 5.65 Å². The summed E-state index contributed by atoms with van der Waals surface area (Å²) in [5.41, 5.74) is 9.89. The van der Waals surface area contributed by atoms with Gasteiger partial charge < -0.3 is 10.6 Å². The van der Waals surface area contributed by atoms with E-state index in [1.165, 1.54) is 5.56 Å². The SMILES string of the molecule is Cc1cccc(CC(=O)N2CCC(c3nn(CCN)c4ncccc34)C2)c1. The van der Waals surface area contributed by atoms with E-state index in [0.717, 1.165) is 35.3 Å². The second-order valence-corrected chi connectivity index (χ2v) is 7.26. The zero-order valence-electron chi connectivity index (χ0n) is 15.6. The summed E-state index contributed by atoms with van der Waals surface area (Å²) in [4.78, 5) is 19.2. The molecule has 2 N–H and O–H groups in total. The maximum absolute atomic E-state index is 12.7. The number of benzene rings is 1. The lowest BCUT2D eigenvalue weighted by molar-refractivity contribution is -0.129. The van der Waals surface area contributed by atoms with Crippen molar-refractivity contribution in [1.82, 2.24) is 19.7 Å². The van der Waals surface area contributed by atoms with Crippen molar-refractivity contribution in [3.63, 3.8) is 0 Å². The number of carbonyl (C=O) groups is 1. The Bertz CT molecular complexity index is 964. The van der Waals surface area contributed by atoms with Gasteiger partial charge in [0.25, 0.3) is 0 Å². The third kappa shape index (κ3) is 3.57. The fourth-order valence-electron chi connectivity index (χ4n) is 3.93. The van der Waals surface area contributed by atoms with E-state index in [2.05, 4.69) is 30.1 Å². The van der Waals surface area contributed by atoms with E-state index in [-0.39, 0.29) is 11.8 Å². The number of fused-ring (bicyclic) bond motifs is 1. The lowest BCUT2D eigenvalue weighted by Gasteiger charge is -2.16. The summed E-state index contributed by atoms with van der Waals surface area (Å²) >= 11 is 0. The van der Waals surface area contributed by atoms with Gasteiger partial charge in [0.1, 0.15) is 0 Å². The number of hydrogen-bond donors (Lipinski definition) is 1. The second-order valence-electron chi connectivity index (χ2n) is 7.26. The first kappa shape index (κ1) is 17.7. The van der Waals surface area contributed by atoms with Gasteiger partial charge in [0.2, 0.25) is 5.91 Å². The Morgan fingerprint density at radius 1 is 1.30 bits per heavy atom. The molecule has 1 saturated heterocycles. The molecule has 1 amide bonds. The number of likely N-dealkylation sites (tertiary alicyclic amines) is 1. The first-order chi connectivity index (χ1) is 13.2. The number of amides is 1. The van der Waals surface area contributed by atoms with Crippen LogP contribution in [0.1, 0.15) is 29.2 Å². The summed E-state index contributed by atoms with van der Waals surface area (Å²) in [6, 6.07) is 12.2. The van der Waals surface area contributed by atoms with Gasteiger partial charge in [0, 0.05) is 37.1 Å². The predicted molar refractivity (Wildman–Crippen MR) is 105 cm³/mol. The van der Waals surface area contributed by atoms with Crippen molar-refractivity contribution < 1.29 is 4.79 Å². The second kappa shape index (κ2) is 7.48. The molecule has 140 valence electrons. The highest BCUT2D eigenvalue weighted by atomic mass is 16.2. The van der Waals surface area contributed by atoms with E-state index < -0.39 is 0 Å². The van der Waals surface area contributed by atoms with Gasteiger partial charge in [0.05, 0.1) is 18.7 Å². The van der Waals surface area contributed by atoms with Crippen LogP contribution < -0.4 is 5.73 Å². The largest absolute Gasteiger partial charge is 0.342 e. The maximum Gasteiger partial charge on any atom is 0.227 e. The van der Waals surface area contributed by atoms with Gasteiger partial charge >= 0.3 is 0 Å². The molecule has 4 rings (SSSR count). The van der Waals surface area contributed by atoms with Crippen LogP contribution in [0.3, 0.4) is 0 Å². The molecular formula is C21H25N5O. The van der Waals surface area contributed by atoms with Crippen LogP contribution in [-0.2, 0) is 17.8 Å². The topological polar surface area (TPSA) is 77.0 Å². The van der Waals surface area contributed by atoms with Crippen LogP contribution in [0.5, 0.6) is 0 Å². The quantitative estimate of drug-likeness (QED) is 0.754. The molecule has 0 bridgehead atoms. The van der Waals surface area contributed by atoms with Gasteiger partial charge in [-0.15, -0.1) is 0 Å². The minimum absolute atomic E-state index is 0.187. The summed E-state index contributed by atoms with van der Waals surface area (Å²) in [5, 5.41) is 5.86. The fourth-order valence-corrected chi connectivity index (χ4v) is 3.93. The Morgan fingerprint density at radius 2 is 2.19 bits per heavy atom. The molecule has 3 heterocycles. The Labute approximate surface area is 159 Å². The number of hydrogen-bond acceptors (Lipinski definition) is 4. The van der Waals surface area contributed by atoms with Gasteiger partial charge in [-0.3, -0.25) is 4.79 Å². The predicted octanol–water partition coefficient (Wildman–Crippen LogP) is 2.26. The molecule has 1 fully saturated rings. The molecule has 1 aliphatic heterocycles. The molecule has 3 aromatic rings. The molecule has 1 atom stereocenters. The summed E-state index contributed by atoms with van der Waals surface area (Å²) in [7, 11) is 0.